The Morgan fingerprint density at radius 2 is 1.80 bits per heavy atom. The number of hydrogen-bond donors (Lipinski definition) is 3. The Morgan fingerprint density at radius 1 is 1.25 bits per heavy atom. The Hall–Kier alpha value is -1.21. The van der Waals surface area contributed by atoms with E-state index in [4.69, 9.17) is 10.8 Å². The van der Waals surface area contributed by atoms with Gasteiger partial charge in [0.05, 0.1) is 0 Å². The number of carbonyl (C=O) groups excluding carboxylic acids is 1. The van der Waals surface area contributed by atoms with Crippen molar-refractivity contribution >= 4 is 20.3 Å². The van der Waals surface area contributed by atoms with Crippen LogP contribution in [0.2, 0.25) is 0 Å². The van der Waals surface area contributed by atoms with Crippen LogP contribution in [0.5, 0.6) is 0 Å². The molecule has 0 saturated heterocycles. The standard InChI is InChI=1S/C10H15F3NO5P/c11-10(12,13)5-1-4-9(18,20-19)6(8(16)17)2-3-7(14)15/h6,18H,1-5H2,(H2,14,15)(H,16,17)/p+1. The number of aliphatic carboxylic acids is 1. The molecular weight excluding hydrogens is 302 g/mol. The second-order valence-electron chi connectivity index (χ2n) is 4.39. The molecular formula is C10H16F3NO5P+. The molecule has 3 unspecified atom stereocenters. The van der Waals surface area contributed by atoms with Gasteiger partial charge in [-0.2, -0.15) is 13.2 Å². The number of aliphatic hydroxyl groups is 1. The van der Waals surface area contributed by atoms with Crippen LogP contribution in [0.4, 0.5) is 13.2 Å². The van der Waals surface area contributed by atoms with Gasteiger partial charge in [0, 0.05) is 19.3 Å². The first-order chi connectivity index (χ1) is 9.02. The van der Waals surface area contributed by atoms with Crippen molar-refractivity contribution in [3.8, 4) is 0 Å². The molecule has 0 bridgehead atoms. The highest BCUT2D eigenvalue weighted by Crippen LogP contribution is 2.38. The molecule has 0 radical (unpaired) electrons. The van der Waals surface area contributed by atoms with Crippen LogP contribution in [0.3, 0.4) is 0 Å². The molecule has 0 fully saturated rings. The number of alkyl halides is 3. The third-order valence-corrected chi connectivity index (χ3v) is 3.70. The number of nitrogens with two attached hydrogens (primary N) is 1. The van der Waals surface area contributed by atoms with Crippen molar-refractivity contribution in [1.29, 1.82) is 0 Å². The lowest BCUT2D eigenvalue weighted by Gasteiger charge is -2.22. The molecule has 0 aliphatic heterocycles. The van der Waals surface area contributed by atoms with E-state index in [9.17, 15) is 32.4 Å². The van der Waals surface area contributed by atoms with Crippen LogP contribution in [0.25, 0.3) is 0 Å². The smallest absolute Gasteiger partial charge is 0.389 e. The number of carboxylic acid groups (broad SMARTS) is 1. The Labute approximate surface area is 114 Å². The fraction of sp³-hybridized carbons (Fsp3) is 0.800. The molecule has 0 aliphatic rings. The van der Waals surface area contributed by atoms with Crippen LogP contribution in [0.1, 0.15) is 32.1 Å². The largest absolute Gasteiger partial charge is 0.481 e. The predicted molar refractivity (Wildman–Crippen MR) is 63.4 cm³/mol. The second-order valence-corrected chi connectivity index (χ2v) is 5.46. The van der Waals surface area contributed by atoms with Gasteiger partial charge in [0.25, 0.3) is 5.34 Å². The molecule has 0 spiro atoms. The summed E-state index contributed by atoms with van der Waals surface area (Å²) in [7, 11) is -1.52. The zero-order chi connectivity index (χ0) is 16.0. The summed E-state index contributed by atoms with van der Waals surface area (Å²) >= 11 is 0. The Bertz CT molecular complexity index is 376. The number of primary amides is 1. The topological polar surface area (TPSA) is 118 Å². The van der Waals surface area contributed by atoms with Gasteiger partial charge in [-0.05, 0) is 12.8 Å². The van der Waals surface area contributed by atoms with E-state index in [-0.39, 0.29) is 12.8 Å². The van der Waals surface area contributed by atoms with Crippen molar-refractivity contribution in [1.82, 2.24) is 0 Å². The summed E-state index contributed by atoms with van der Waals surface area (Å²) in [6.45, 7) is 0. The van der Waals surface area contributed by atoms with Crippen molar-refractivity contribution in [3.05, 3.63) is 0 Å². The van der Waals surface area contributed by atoms with Gasteiger partial charge in [-0.15, -0.1) is 0 Å². The van der Waals surface area contributed by atoms with Gasteiger partial charge in [0.1, 0.15) is 5.92 Å². The third kappa shape index (κ3) is 6.81. The number of halogens is 3. The van der Waals surface area contributed by atoms with E-state index < -0.39 is 57.0 Å². The van der Waals surface area contributed by atoms with E-state index in [0.29, 0.717) is 0 Å². The second kappa shape index (κ2) is 7.54. The molecule has 116 valence electrons. The molecule has 4 N–H and O–H groups in total. The summed E-state index contributed by atoms with van der Waals surface area (Å²) in [5.41, 5.74) is 4.84. The van der Waals surface area contributed by atoms with E-state index >= 15 is 0 Å². The minimum atomic E-state index is -4.45. The maximum Gasteiger partial charge on any atom is 0.389 e. The molecule has 0 aromatic carbocycles. The van der Waals surface area contributed by atoms with Gasteiger partial charge in [0.2, 0.25) is 5.91 Å². The van der Waals surface area contributed by atoms with Crippen molar-refractivity contribution in [3.63, 3.8) is 0 Å². The van der Waals surface area contributed by atoms with Crippen molar-refractivity contribution < 1.29 is 37.5 Å². The molecule has 3 atom stereocenters. The highest BCUT2D eigenvalue weighted by Gasteiger charge is 2.49. The third-order valence-electron chi connectivity index (χ3n) is 2.75. The van der Waals surface area contributed by atoms with Crippen LogP contribution in [-0.4, -0.2) is 33.6 Å². The first-order valence-electron chi connectivity index (χ1n) is 5.71. The molecule has 6 nitrogen and oxygen atoms in total. The lowest BCUT2D eigenvalue weighted by molar-refractivity contribution is -0.149. The quantitative estimate of drug-likeness (QED) is 0.555. The molecule has 10 heteroatoms. The Morgan fingerprint density at radius 3 is 2.15 bits per heavy atom. The molecule has 0 aromatic rings. The van der Waals surface area contributed by atoms with Gasteiger partial charge in [0.15, 0.2) is 0 Å². The van der Waals surface area contributed by atoms with Gasteiger partial charge in [-0.3, -0.25) is 9.59 Å². The normalized spacial score (nSPS) is 16.6. The fourth-order valence-electron chi connectivity index (χ4n) is 1.71. The lowest BCUT2D eigenvalue weighted by atomic mass is 9.92. The van der Waals surface area contributed by atoms with Crippen LogP contribution in [-0.2, 0) is 14.2 Å². The molecule has 0 saturated carbocycles. The minimum absolute atomic E-state index is 0.372. The summed E-state index contributed by atoms with van der Waals surface area (Å²) < 4.78 is 47.1. The Kier molecular flexibility index (Phi) is 7.08. The summed E-state index contributed by atoms with van der Waals surface area (Å²) in [4.78, 5) is 21.6. The van der Waals surface area contributed by atoms with Crippen LogP contribution >= 0.6 is 8.46 Å². The average molecular weight is 318 g/mol. The highest BCUT2D eigenvalue weighted by atomic mass is 31.1. The van der Waals surface area contributed by atoms with Gasteiger partial charge in [-0.1, -0.05) is 4.57 Å². The molecule has 1 amide bonds. The highest BCUT2D eigenvalue weighted by molar-refractivity contribution is 7.25. The number of amides is 1. The number of carbonyl (C=O) groups is 2. The fourth-order valence-corrected chi connectivity index (χ4v) is 2.40. The molecule has 0 aromatic heterocycles. The summed E-state index contributed by atoms with van der Waals surface area (Å²) in [5, 5.41) is 16.6. The summed E-state index contributed by atoms with van der Waals surface area (Å²) in [6.07, 6.45) is -7.58. The van der Waals surface area contributed by atoms with E-state index in [1.165, 1.54) is 0 Å². The molecule has 20 heavy (non-hydrogen) atoms. The Balaban J connectivity index is 4.80. The van der Waals surface area contributed by atoms with E-state index in [1.54, 1.807) is 0 Å². The molecule has 0 heterocycles. The maximum atomic E-state index is 12.0. The van der Waals surface area contributed by atoms with Gasteiger partial charge < -0.3 is 15.9 Å². The van der Waals surface area contributed by atoms with Crippen LogP contribution in [0.15, 0.2) is 0 Å². The summed E-state index contributed by atoms with van der Waals surface area (Å²) in [6, 6.07) is 0. The van der Waals surface area contributed by atoms with Gasteiger partial charge in [-0.25, -0.2) is 0 Å². The zero-order valence-electron chi connectivity index (χ0n) is 10.4. The number of carboxylic acids is 1. The first kappa shape index (κ1) is 18.8. The minimum Gasteiger partial charge on any atom is -0.481 e. The van der Waals surface area contributed by atoms with Crippen molar-refractivity contribution in [2.45, 2.75) is 43.6 Å². The average Bonchev–Trinajstić information content (AvgIpc) is 2.26. The SMILES string of the molecule is NC(=O)CCC(C(=O)O)C(O)(CCCC(F)(F)F)[PH+]=O. The number of hydrogen-bond acceptors (Lipinski definition) is 4. The monoisotopic (exact) mass is 318 g/mol. The number of rotatable bonds is 9. The van der Waals surface area contributed by atoms with E-state index in [1.807, 2.05) is 0 Å². The lowest BCUT2D eigenvalue weighted by Crippen LogP contribution is -2.38. The summed E-state index contributed by atoms with van der Waals surface area (Å²) in [5.74, 6) is -3.97. The van der Waals surface area contributed by atoms with E-state index in [2.05, 4.69) is 0 Å². The van der Waals surface area contributed by atoms with E-state index in [0.717, 1.165) is 0 Å². The van der Waals surface area contributed by atoms with Crippen molar-refractivity contribution in [2.75, 3.05) is 0 Å². The van der Waals surface area contributed by atoms with Crippen molar-refractivity contribution in [2.24, 2.45) is 11.7 Å². The van der Waals surface area contributed by atoms with Gasteiger partial charge >= 0.3 is 20.6 Å². The molecule has 0 aliphatic carbocycles. The molecule has 0 rings (SSSR count). The predicted octanol–water partition coefficient (Wildman–Crippen LogP) is 1.40. The first-order valence-corrected chi connectivity index (χ1v) is 6.62. The zero-order valence-corrected chi connectivity index (χ0v) is 11.4. The van der Waals surface area contributed by atoms with Crippen LogP contribution < -0.4 is 5.73 Å². The van der Waals surface area contributed by atoms with Crippen LogP contribution in [0, 0.1) is 5.92 Å². The maximum absolute atomic E-state index is 12.0.